The lowest BCUT2D eigenvalue weighted by molar-refractivity contribution is 0.0634. The predicted octanol–water partition coefficient (Wildman–Crippen LogP) is 2.63. The molecule has 16 heavy (non-hydrogen) atoms. The molecule has 0 saturated carbocycles. The van der Waals surface area contributed by atoms with Gasteiger partial charge in [0.15, 0.2) is 11.6 Å². The van der Waals surface area contributed by atoms with E-state index in [1.165, 1.54) is 0 Å². The second-order valence-corrected chi connectivity index (χ2v) is 3.84. The van der Waals surface area contributed by atoms with E-state index in [9.17, 15) is 22.0 Å². The highest BCUT2D eigenvalue weighted by Gasteiger charge is 2.31. The third-order valence-electron chi connectivity index (χ3n) is 2.16. The molecule has 0 saturated heterocycles. The normalized spacial score (nSPS) is 15.2. The largest absolute Gasteiger partial charge is 0.320 e. The zero-order valence-corrected chi connectivity index (χ0v) is 8.41. The Balaban J connectivity index is 3.02. The first-order chi connectivity index (χ1) is 7.24. The van der Waals surface area contributed by atoms with Crippen LogP contribution in [-0.2, 0) is 6.42 Å². The van der Waals surface area contributed by atoms with Crippen LogP contribution in [-0.4, -0.2) is 12.0 Å². The molecule has 0 aliphatic heterocycles. The lowest BCUT2D eigenvalue weighted by atomic mass is 9.94. The van der Waals surface area contributed by atoms with Gasteiger partial charge in [-0.1, -0.05) is 0 Å². The average molecular weight is 239 g/mol. The minimum absolute atomic E-state index is 0.312. The number of hydrogen-bond acceptors (Lipinski definition) is 1. The fourth-order valence-electron chi connectivity index (χ4n) is 1.19. The van der Waals surface area contributed by atoms with Gasteiger partial charge in [0.25, 0.3) is 6.43 Å². The molecule has 90 valence electrons. The fraction of sp³-hybridized carbons (Fsp3) is 0.400. The molecule has 0 bridgehead atoms. The van der Waals surface area contributed by atoms with Crippen molar-refractivity contribution in [2.24, 2.45) is 5.73 Å². The van der Waals surface area contributed by atoms with Gasteiger partial charge in [-0.25, -0.2) is 22.0 Å². The highest BCUT2D eigenvalue weighted by atomic mass is 19.3. The van der Waals surface area contributed by atoms with E-state index in [2.05, 4.69) is 0 Å². The van der Waals surface area contributed by atoms with Crippen LogP contribution in [0, 0.1) is 17.5 Å². The summed E-state index contributed by atoms with van der Waals surface area (Å²) < 4.78 is 63.2. The van der Waals surface area contributed by atoms with E-state index in [0.717, 1.165) is 6.92 Å². The van der Waals surface area contributed by atoms with Crippen molar-refractivity contribution in [1.82, 2.24) is 0 Å². The summed E-state index contributed by atoms with van der Waals surface area (Å²) in [6.07, 6.45) is -3.46. The van der Waals surface area contributed by atoms with E-state index >= 15 is 0 Å². The minimum Gasteiger partial charge on any atom is -0.320 e. The van der Waals surface area contributed by atoms with Gasteiger partial charge in [0, 0.05) is 6.07 Å². The average Bonchev–Trinajstić information content (AvgIpc) is 2.13. The predicted molar refractivity (Wildman–Crippen MR) is 48.6 cm³/mol. The van der Waals surface area contributed by atoms with Gasteiger partial charge in [-0.15, -0.1) is 0 Å². The third-order valence-corrected chi connectivity index (χ3v) is 2.16. The van der Waals surface area contributed by atoms with Crippen LogP contribution in [0.1, 0.15) is 12.5 Å². The SMILES string of the molecule is CC(N)(Cc1cc(F)c(F)cc1F)C(F)F. The highest BCUT2D eigenvalue weighted by molar-refractivity contribution is 5.22. The molecule has 1 nitrogen and oxygen atoms in total. The molecule has 6 heteroatoms. The quantitative estimate of drug-likeness (QED) is 0.636. The van der Waals surface area contributed by atoms with Crippen molar-refractivity contribution < 1.29 is 22.0 Å². The molecule has 0 aliphatic carbocycles. The number of rotatable bonds is 3. The monoisotopic (exact) mass is 239 g/mol. The molecular weight excluding hydrogens is 229 g/mol. The fourth-order valence-corrected chi connectivity index (χ4v) is 1.19. The zero-order chi connectivity index (χ0) is 12.5. The lowest BCUT2D eigenvalue weighted by Crippen LogP contribution is -2.46. The van der Waals surface area contributed by atoms with Crippen LogP contribution in [0.15, 0.2) is 12.1 Å². The van der Waals surface area contributed by atoms with Crippen LogP contribution in [0.4, 0.5) is 22.0 Å². The molecule has 0 radical (unpaired) electrons. The van der Waals surface area contributed by atoms with E-state index < -0.39 is 35.8 Å². The number of benzene rings is 1. The van der Waals surface area contributed by atoms with Crippen molar-refractivity contribution in [3.8, 4) is 0 Å². The Bertz CT molecular complexity index is 389. The van der Waals surface area contributed by atoms with Crippen molar-refractivity contribution in [2.45, 2.75) is 25.3 Å². The van der Waals surface area contributed by atoms with Crippen LogP contribution in [0.5, 0.6) is 0 Å². The van der Waals surface area contributed by atoms with E-state index in [4.69, 9.17) is 5.73 Å². The van der Waals surface area contributed by atoms with Gasteiger partial charge < -0.3 is 5.73 Å². The van der Waals surface area contributed by atoms with Gasteiger partial charge in [-0.2, -0.15) is 0 Å². The Morgan fingerprint density at radius 1 is 1.12 bits per heavy atom. The summed E-state index contributed by atoms with van der Waals surface area (Å²) in [6.45, 7) is 1.01. The first-order valence-electron chi connectivity index (χ1n) is 4.44. The Hall–Kier alpha value is -1.17. The molecule has 0 aliphatic rings. The van der Waals surface area contributed by atoms with Gasteiger partial charge in [0.05, 0.1) is 5.54 Å². The van der Waals surface area contributed by atoms with Crippen molar-refractivity contribution in [3.63, 3.8) is 0 Å². The number of nitrogens with two attached hydrogens (primary N) is 1. The lowest BCUT2D eigenvalue weighted by Gasteiger charge is -2.23. The Morgan fingerprint density at radius 2 is 1.62 bits per heavy atom. The maximum absolute atomic E-state index is 13.1. The van der Waals surface area contributed by atoms with E-state index in [-0.39, 0.29) is 5.56 Å². The van der Waals surface area contributed by atoms with Crippen LogP contribution >= 0.6 is 0 Å². The summed E-state index contributed by atoms with van der Waals surface area (Å²) in [4.78, 5) is 0. The molecule has 1 unspecified atom stereocenters. The maximum Gasteiger partial charge on any atom is 0.256 e. The summed E-state index contributed by atoms with van der Waals surface area (Å²) in [6, 6.07) is 0.852. The molecule has 0 aromatic heterocycles. The minimum atomic E-state index is -2.89. The van der Waals surface area contributed by atoms with Gasteiger partial charge in [0.1, 0.15) is 5.82 Å². The summed E-state index contributed by atoms with van der Waals surface area (Å²) >= 11 is 0. The number of alkyl halides is 2. The molecule has 0 fully saturated rings. The highest BCUT2D eigenvalue weighted by Crippen LogP contribution is 2.22. The summed E-state index contributed by atoms with van der Waals surface area (Å²) in [5.41, 5.74) is 2.86. The summed E-state index contributed by atoms with van der Waals surface area (Å²) in [5, 5.41) is 0. The molecule has 0 heterocycles. The summed E-state index contributed by atoms with van der Waals surface area (Å²) in [5.74, 6) is -3.74. The molecule has 0 spiro atoms. The van der Waals surface area contributed by atoms with Crippen LogP contribution in [0.3, 0.4) is 0 Å². The Morgan fingerprint density at radius 3 is 2.12 bits per heavy atom. The Labute approximate surface area is 89.1 Å². The van der Waals surface area contributed by atoms with Crippen molar-refractivity contribution >= 4 is 0 Å². The molecule has 2 N–H and O–H groups in total. The van der Waals surface area contributed by atoms with Crippen LogP contribution < -0.4 is 5.73 Å². The maximum atomic E-state index is 13.1. The summed E-state index contributed by atoms with van der Waals surface area (Å²) in [7, 11) is 0. The molecule has 1 rings (SSSR count). The van der Waals surface area contributed by atoms with Crippen molar-refractivity contribution in [2.75, 3.05) is 0 Å². The second kappa shape index (κ2) is 4.37. The van der Waals surface area contributed by atoms with Gasteiger partial charge >= 0.3 is 0 Å². The van der Waals surface area contributed by atoms with Crippen molar-refractivity contribution in [1.29, 1.82) is 0 Å². The first kappa shape index (κ1) is 12.9. The smallest absolute Gasteiger partial charge is 0.256 e. The van der Waals surface area contributed by atoms with Crippen molar-refractivity contribution in [3.05, 3.63) is 35.1 Å². The van der Waals surface area contributed by atoms with Gasteiger partial charge in [-0.3, -0.25) is 0 Å². The topological polar surface area (TPSA) is 26.0 Å². The number of halogens is 5. The van der Waals surface area contributed by atoms with E-state index in [1.54, 1.807) is 0 Å². The van der Waals surface area contributed by atoms with E-state index in [0.29, 0.717) is 12.1 Å². The molecular formula is C10H10F5N. The van der Waals surface area contributed by atoms with Gasteiger partial charge in [-0.05, 0) is 25.0 Å². The van der Waals surface area contributed by atoms with Gasteiger partial charge in [0.2, 0.25) is 0 Å². The molecule has 0 amide bonds. The Kier molecular flexibility index (Phi) is 3.52. The second-order valence-electron chi connectivity index (χ2n) is 3.84. The molecule has 1 aromatic rings. The number of hydrogen-bond donors (Lipinski definition) is 1. The zero-order valence-electron chi connectivity index (χ0n) is 8.41. The van der Waals surface area contributed by atoms with E-state index in [1.807, 2.05) is 0 Å². The molecule has 1 atom stereocenters. The third kappa shape index (κ3) is 2.69. The van der Waals surface area contributed by atoms with Crippen LogP contribution in [0.25, 0.3) is 0 Å². The first-order valence-corrected chi connectivity index (χ1v) is 4.44. The molecule has 1 aromatic carbocycles. The standard InChI is InChI=1S/C10H10F5N/c1-10(16,9(14)15)4-5-2-7(12)8(13)3-6(5)11/h2-3,9H,4,16H2,1H3. The van der Waals surface area contributed by atoms with Crippen LogP contribution in [0.2, 0.25) is 0 Å².